The summed E-state index contributed by atoms with van der Waals surface area (Å²) in [6.07, 6.45) is 2.44. The van der Waals surface area contributed by atoms with E-state index in [9.17, 15) is 0 Å². The van der Waals surface area contributed by atoms with Crippen LogP contribution in [0.3, 0.4) is 0 Å². The third-order valence-corrected chi connectivity index (χ3v) is 4.96. The van der Waals surface area contributed by atoms with Gasteiger partial charge >= 0.3 is 0 Å². The van der Waals surface area contributed by atoms with Crippen molar-refractivity contribution in [3.05, 3.63) is 28.8 Å². The standard InChI is InChI=1S/C15H20N4S/c1-15(2,3)12-7-6-11(20-12)14-17-10(9-4-5-9)8-13(18-14)19-16/h6-9H,4-5,16H2,1-3H3,(H,17,18,19). The number of hydrazine groups is 1. The lowest BCUT2D eigenvalue weighted by atomic mass is 9.95. The van der Waals surface area contributed by atoms with E-state index in [0.717, 1.165) is 16.4 Å². The fourth-order valence-electron chi connectivity index (χ4n) is 2.10. The number of nitrogens with one attached hydrogen (secondary N) is 1. The number of nitrogen functional groups attached to an aromatic ring is 1. The van der Waals surface area contributed by atoms with E-state index in [4.69, 9.17) is 10.8 Å². The quantitative estimate of drug-likeness (QED) is 0.668. The summed E-state index contributed by atoms with van der Waals surface area (Å²) in [7, 11) is 0. The highest BCUT2D eigenvalue weighted by atomic mass is 32.1. The number of aromatic nitrogens is 2. The molecule has 1 aliphatic rings. The van der Waals surface area contributed by atoms with Crippen LogP contribution in [0.25, 0.3) is 10.7 Å². The minimum Gasteiger partial charge on any atom is -0.308 e. The molecule has 1 saturated carbocycles. The second-order valence-corrected chi connectivity index (χ2v) is 7.42. The maximum absolute atomic E-state index is 5.52. The van der Waals surface area contributed by atoms with Crippen molar-refractivity contribution < 1.29 is 0 Å². The average molecular weight is 288 g/mol. The Morgan fingerprint density at radius 2 is 2.00 bits per heavy atom. The molecular formula is C15H20N4S. The molecule has 0 radical (unpaired) electrons. The van der Waals surface area contributed by atoms with Crippen molar-refractivity contribution >= 4 is 17.2 Å². The van der Waals surface area contributed by atoms with Crippen LogP contribution >= 0.6 is 11.3 Å². The topological polar surface area (TPSA) is 63.8 Å². The van der Waals surface area contributed by atoms with Crippen molar-refractivity contribution in [1.82, 2.24) is 9.97 Å². The van der Waals surface area contributed by atoms with Gasteiger partial charge in [-0.3, -0.25) is 0 Å². The van der Waals surface area contributed by atoms with Crippen molar-refractivity contribution in [2.24, 2.45) is 5.84 Å². The first-order valence-electron chi connectivity index (χ1n) is 6.93. The van der Waals surface area contributed by atoms with Crippen LogP contribution in [0.1, 0.15) is 50.1 Å². The molecule has 2 heterocycles. The van der Waals surface area contributed by atoms with Crippen LogP contribution in [0.5, 0.6) is 0 Å². The van der Waals surface area contributed by atoms with E-state index >= 15 is 0 Å². The maximum Gasteiger partial charge on any atom is 0.171 e. The molecule has 0 unspecified atom stereocenters. The molecule has 5 heteroatoms. The summed E-state index contributed by atoms with van der Waals surface area (Å²) in [6, 6.07) is 6.24. The van der Waals surface area contributed by atoms with Gasteiger partial charge in [-0.15, -0.1) is 11.3 Å². The monoisotopic (exact) mass is 288 g/mol. The Bertz CT molecular complexity index is 623. The van der Waals surface area contributed by atoms with Gasteiger partial charge in [-0.2, -0.15) is 0 Å². The zero-order chi connectivity index (χ0) is 14.3. The summed E-state index contributed by atoms with van der Waals surface area (Å²) in [6.45, 7) is 6.66. The van der Waals surface area contributed by atoms with Gasteiger partial charge in [-0.25, -0.2) is 15.8 Å². The van der Waals surface area contributed by atoms with Crippen LogP contribution in [-0.4, -0.2) is 9.97 Å². The molecule has 0 bridgehead atoms. The van der Waals surface area contributed by atoms with Crippen molar-refractivity contribution in [2.45, 2.75) is 44.9 Å². The molecule has 4 nitrogen and oxygen atoms in total. The van der Waals surface area contributed by atoms with Crippen LogP contribution in [-0.2, 0) is 5.41 Å². The summed E-state index contributed by atoms with van der Waals surface area (Å²) in [4.78, 5) is 11.7. The molecule has 1 fully saturated rings. The Hall–Kier alpha value is -1.46. The van der Waals surface area contributed by atoms with E-state index in [-0.39, 0.29) is 5.41 Å². The normalized spacial score (nSPS) is 15.4. The summed E-state index contributed by atoms with van der Waals surface area (Å²) in [5.74, 6) is 7.59. The van der Waals surface area contributed by atoms with Crippen LogP contribution in [0.4, 0.5) is 5.82 Å². The highest BCUT2D eigenvalue weighted by Crippen LogP contribution is 2.41. The highest BCUT2D eigenvalue weighted by Gasteiger charge is 2.26. The Kier molecular flexibility index (Phi) is 3.26. The van der Waals surface area contributed by atoms with Crippen molar-refractivity contribution in [3.63, 3.8) is 0 Å². The molecule has 0 saturated heterocycles. The first-order valence-corrected chi connectivity index (χ1v) is 7.75. The fraction of sp³-hybridized carbons (Fsp3) is 0.467. The molecule has 0 amide bonds. The predicted octanol–water partition coefficient (Wildman–Crippen LogP) is 3.67. The van der Waals surface area contributed by atoms with E-state index in [1.807, 2.05) is 6.07 Å². The zero-order valence-corrected chi connectivity index (χ0v) is 12.9. The molecule has 3 N–H and O–H groups in total. The van der Waals surface area contributed by atoms with Gasteiger partial charge in [0.1, 0.15) is 5.82 Å². The first kappa shape index (κ1) is 13.5. The molecule has 2 aromatic rings. The molecular weight excluding hydrogens is 268 g/mol. The molecule has 0 spiro atoms. The van der Waals surface area contributed by atoms with Crippen LogP contribution < -0.4 is 11.3 Å². The zero-order valence-electron chi connectivity index (χ0n) is 12.1. The minimum absolute atomic E-state index is 0.159. The Labute approximate surface area is 123 Å². The fourth-order valence-corrected chi connectivity index (χ4v) is 3.10. The van der Waals surface area contributed by atoms with Crippen molar-refractivity contribution in [1.29, 1.82) is 0 Å². The summed E-state index contributed by atoms with van der Waals surface area (Å²) < 4.78 is 0. The van der Waals surface area contributed by atoms with E-state index in [0.29, 0.717) is 11.7 Å². The summed E-state index contributed by atoms with van der Waals surface area (Å²) in [5.41, 5.74) is 3.91. The third kappa shape index (κ3) is 2.69. The number of rotatable bonds is 3. The molecule has 0 aromatic carbocycles. The Balaban J connectivity index is 2.00. The lowest BCUT2D eigenvalue weighted by Gasteiger charge is -2.15. The molecule has 1 aliphatic carbocycles. The van der Waals surface area contributed by atoms with Gasteiger partial charge in [0, 0.05) is 22.6 Å². The molecule has 0 atom stereocenters. The van der Waals surface area contributed by atoms with Gasteiger partial charge in [-0.1, -0.05) is 20.8 Å². The maximum atomic E-state index is 5.52. The Morgan fingerprint density at radius 3 is 2.55 bits per heavy atom. The average Bonchev–Trinajstić information content (AvgIpc) is 3.13. The smallest absolute Gasteiger partial charge is 0.171 e. The lowest BCUT2D eigenvalue weighted by Crippen LogP contribution is -2.10. The van der Waals surface area contributed by atoms with Crippen LogP contribution in [0, 0.1) is 0 Å². The van der Waals surface area contributed by atoms with Crippen molar-refractivity contribution in [3.8, 4) is 10.7 Å². The van der Waals surface area contributed by atoms with E-state index in [2.05, 4.69) is 43.3 Å². The van der Waals surface area contributed by atoms with Crippen LogP contribution in [0.2, 0.25) is 0 Å². The van der Waals surface area contributed by atoms with Gasteiger partial charge in [0.25, 0.3) is 0 Å². The SMILES string of the molecule is CC(C)(C)c1ccc(-c2nc(NN)cc(C3CC3)n2)s1. The molecule has 3 rings (SSSR count). The van der Waals surface area contributed by atoms with E-state index in [1.54, 1.807) is 11.3 Å². The second-order valence-electron chi connectivity index (χ2n) is 6.33. The molecule has 106 valence electrons. The van der Waals surface area contributed by atoms with Crippen LogP contribution in [0.15, 0.2) is 18.2 Å². The largest absolute Gasteiger partial charge is 0.308 e. The lowest BCUT2D eigenvalue weighted by molar-refractivity contribution is 0.604. The molecule has 2 aromatic heterocycles. The highest BCUT2D eigenvalue weighted by molar-refractivity contribution is 7.15. The summed E-state index contributed by atoms with van der Waals surface area (Å²) >= 11 is 1.76. The number of nitrogens with two attached hydrogens (primary N) is 1. The number of thiophene rings is 1. The Morgan fingerprint density at radius 1 is 1.25 bits per heavy atom. The van der Waals surface area contributed by atoms with E-state index < -0.39 is 0 Å². The van der Waals surface area contributed by atoms with Gasteiger partial charge in [0.2, 0.25) is 0 Å². The first-order chi connectivity index (χ1) is 9.47. The van der Waals surface area contributed by atoms with Gasteiger partial charge in [-0.05, 0) is 30.4 Å². The number of anilines is 1. The van der Waals surface area contributed by atoms with Gasteiger partial charge in [0.05, 0.1) is 4.88 Å². The molecule has 20 heavy (non-hydrogen) atoms. The predicted molar refractivity (Wildman–Crippen MR) is 83.8 cm³/mol. The minimum atomic E-state index is 0.159. The van der Waals surface area contributed by atoms with Crippen molar-refractivity contribution in [2.75, 3.05) is 5.43 Å². The second kappa shape index (κ2) is 4.82. The van der Waals surface area contributed by atoms with E-state index in [1.165, 1.54) is 17.7 Å². The molecule has 0 aliphatic heterocycles. The number of hydrogen-bond donors (Lipinski definition) is 2. The number of nitrogens with zero attached hydrogens (tertiary/aromatic N) is 2. The number of hydrogen-bond acceptors (Lipinski definition) is 5. The summed E-state index contributed by atoms with van der Waals surface area (Å²) in [5, 5.41) is 0. The van der Waals surface area contributed by atoms with Gasteiger partial charge < -0.3 is 5.43 Å². The van der Waals surface area contributed by atoms with Gasteiger partial charge in [0.15, 0.2) is 5.82 Å². The third-order valence-electron chi connectivity index (χ3n) is 3.46.